The molecule has 2 aromatic rings. The number of hydrogen-bond acceptors (Lipinski definition) is 3. The third-order valence-corrected chi connectivity index (χ3v) is 3.22. The number of ether oxygens (including phenoxy) is 1. The fourth-order valence-electron chi connectivity index (χ4n) is 2.01. The normalized spacial score (nSPS) is 10.5. The number of rotatable bonds is 4. The van der Waals surface area contributed by atoms with E-state index in [0.29, 0.717) is 6.61 Å². The number of hydrogen-bond donors (Lipinski definition) is 0. The highest BCUT2D eigenvalue weighted by Gasteiger charge is 2.14. The lowest BCUT2D eigenvalue weighted by Gasteiger charge is -2.05. The lowest BCUT2D eigenvalue weighted by molar-refractivity contribution is -0.144. The number of benzene rings is 1. The molecule has 1 heterocycles. The summed E-state index contributed by atoms with van der Waals surface area (Å²) in [6.45, 7) is 4.19. The summed E-state index contributed by atoms with van der Waals surface area (Å²) >= 11 is 0. The van der Waals surface area contributed by atoms with Crippen molar-refractivity contribution < 1.29 is 9.53 Å². The Bertz CT molecular complexity index is 573. The molecule has 0 aliphatic heterocycles. The van der Waals surface area contributed by atoms with Crippen LogP contribution in [-0.2, 0) is 29.6 Å². The summed E-state index contributed by atoms with van der Waals surface area (Å²) in [5.41, 5.74) is 3.85. The molecule has 0 bridgehead atoms. The van der Waals surface area contributed by atoms with E-state index in [1.165, 1.54) is 0 Å². The highest BCUT2D eigenvalue weighted by Crippen LogP contribution is 2.13. The molecular formula is C15H18N2O2. The van der Waals surface area contributed by atoms with Crippen molar-refractivity contribution in [1.29, 1.82) is 0 Å². The van der Waals surface area contributed by atoms with Crippen molar-refractivity contribution in [3.05, 3.63) is 52.8 Å². The molecular weight excluding hydrogens is 240 g/mol. The van der Waals surface area contributed by atoms with Crippen LogP contribution in [0.25, 0.3) is 0 Å². The SMILES string of the molecule is Cc1nn(C)c(C)c1CC(=O)OCc1ccccc1. The lowest BCUT2D eigenvalue weighted by Crippen LogP contribution is -2.09. The van der Waals surface area contributed by atoms with E-state index >= 15 is 0 Å². The molecule has 0 fully saturated rings. The average molecular weight is 258 g/mol. The maximum atomic E-state index is 11.8. The van der Waals surface area contributed by atoms with Crippen LogP contribution >= 0.6 is 0 Å². The molecule has 0 saturated carbocycles. The zero-order valence-corrected chi connectivity index (χ0v) is 11.5. The largest absolute Gasteiger partial charge is 0.461 e. The van der Waals surface area contributed by atoms with E-state index in [0.717, 1.165) is 22.5 Å². The van der Waals surface area contributed by atoms with E-state index in [1.54, 1.807) is 4.68 Å². The maximum Gasteiger partial charge on any atom is 0.310 e. The molecule has 1 aromatic carbocycles. The molecule has 0 amide bonds. The van der Waals surface area contributed by atoms with Gasteiger partial charge in [0.15, 0.2) is 0 Å². The molecule has 4 nitrogen and oxygen atoms in total. The molecule has 19 heavy (non-hydrogen) atoms. The Balaban J connectivity index is 1.95. The first kappa shape index (κ1) is 13.3. The molecule has 0 atom stereocenters. The van der Waals surface area contributed by atoms with Gasteiger partial charge in [-0.25, -0.2) is 0 Å². The van der Waals surface area contributed by atoms with Crippen molar-refractivity contribution in [2.45, 2.75) is 26.9 Å². The van der Waals surface area contributed by atoms with Crippen LogP contribution in [0.5, 0.6) is 0 Å². The molecule has 0 spiro atoms. The molecule has 0 saturated heterocycles. The highest BCUT2D eigenvalue weighted by molar-refractivity contribution is 5.73. The van der Waals surface area contributed by atoms with Crippen LogP contribution < -0.4 is 0 Å². The highest BCUT2D eigenvalue weighted by atomic mass is 16.5. The maximum absolute atomic E-state index is 11.8. The van der Waals surface area contributed by atoms with Crippen LogP contribution in [0, 0.1) is 13.8 Å². The standard InChI is InChI=1S/C15H18N2O2/c1-11-14(12(2)17(3)16-11)9-15(18)19-10-13-7-5-4-6-8-13/h4-8H,9-10H2,1-3H3. The number of esters is 1. The Kier molecular flexibility index (Phi) is 4.00. The van der Waals surface area contributed by atoms with E-state index in [9.17, 15) is 4.79 Å². The zero-order valence-electron chi connectivity index (χ0n) is 11.5. The molecule has 1 aromatic heterocycles. The van der Waals surface area contributed by atoms with Crippen LogP contribution in [-0.4, -0.2) is 15.7 Å². The number of carbonyl (C=O) groups is 1. The summed E-state index contributed by atoms with van der Waals surface area (Å²) in [4.78, 5) is 11.8. The predicted molar refractivity (Wildman–Crippen MR) is 72.6 cm³/mol. The van der Waals surface area contributed by atoms with Crippen molar-refractivity contribution in [3.63, 3.8) is 0 Å². The Labute approximate surface area is 113 Å². The van der Waals surface area contributed by atoms with Crippen LogP contribution in [0.1, 0.15) is 22.5 Å². The number of carbonyl (C=O) groups excluding carboxylic acids is 1. The summed E-state index contributed by atoms with van der Waals surface area (Å²) in [6.07, 6.45) is 0.276. The van der Waals surface area contributed by atoms with Gasteiger partial charge in [0.05, 0.1) is 12.1 Å². The van der Waals surface area contributed by atoms with Gasteiger partial charge in [0.1, 0.15) is 6.61 Å². The van der Waals surface area contributed by atoms with E-state index in [-0.39, 0.29) is 12.4 Å². The molecule has 0 unspecified atom stereocenters. The van der Waals surface area contributed by atoms with Crippen LogP contribution in [0.15, 0.2) is 30.3 Å². The predicted octanol–water partition coefficient (Wildman–Crippen LogP) is 2.32. The quantitative estimate of drug-likeness (QED) is 0.790. The monoisotopic (exact) mass is 258 g/mol. The van der Waals surface area contributed by atoms with Gasteiger partial charge in [0.25, 0.3) is 0 Å². The van der Waals surface area contributed by atoms with E-state index in [2.05, 4.69) is 5.10 Å². The van der Waals surface area contributed by atoms with Crippen molar-refractivity contribution in [3.8, 4) is 0 Å². The van der Waals surface area contributed by atoms with Gasteiger partial charge < -0.3 is 4.74 Å². The topological polar surface area (TPSA) is 44.1 Å². The molecule has 0 radical (unpaired) electrons. The third-order valence-electron chi connectivity index (χ3n) is 3.22. The molecule has 100 valence electrons. The van der Waals surface area contributed by atoms with Crippen molar-refractivity contribution in [2.24, 2.45) is 7.05 Å². The summed E-state index contributed by atoms with van der Waals surface area (Å²) in [5, 5.41) is 4.29. The van der Waals surface area contributed by atoms with Gasteiger partial charge in [-0.2, -0.15) is 5.10 Å². The first-order chi connectivity index (χ1) is 9.08. The minimum atomic E-state index is -0.219. The second kappa shape index (κ2) is 5.69. The van der Waals surface area contributed by atoms with Gasteiger partial charge in [-0.05, 0) is 19.4 Å². The van der Waals surface area contributed by atoms with Crippen molar-refractivity contribution in [1.82, 2.24) is 9.78 Å². The average Bonchev–Trinajstić information content (AvgIpc) is 2.64. The van der Waals surface area contributed by atoms with Gasteiger partial charge >= 0.3 is 5.97 Å². The van der Waals surface area contributed by atoms with E-state index in [4.69, 9.17) is 4.74 Å². The summed E-state index contributed by atoms with van der Waals surface area (Å²) in [6, 6.07) is 9.67. The molecule has 0 aliphatic rings. The Morgan fingerprint density at radius 1 is 1.26 bits per heavy atom. The van der Waals surface area contributed by atoms with Crippen LogP contribution in [0.2, 0.25) is 0 Å². The molecule has 4 heteroatoms. The number of aromatic nitrogens is 2. The number of nitrogens with zero attached hydrogens (tertiary/aromatic N) is 2. The Morgan fingerprint density at radius 3 is 2.53 bits per heavy atom. The lowest BCUT2D eigenvalue weighted by atomic mass is 10.1. The minimum Gasteiger partial charge on any atom is -0.461 e. The van der Waals surface area contributed by atoms with Gasteiger partial charge in [0, 0.05) is 18.3 Å². The smallest absolute Gasteiger partial charge is 0.310 e. The zero-order chi connectivity index (χ0) is 13.8. The van der Waals surface area contributed by atoms with Gasteiger partial charge in [-0.15, -0.1) is 0 Å². The minimum absolute atomic E-state index is 0.219. The van der Waals surface area contributed by atoms with Gasteiger partial charge in [-0.3, -0.25) is 9.48 Å². The fraction of sp³-hybridized carbons (Fsp3) is 0.333. The van der Waals surface area contributed by atoms with Crippen LogP contribution in [0.3, 0.4) is 0 Å². The first-order valence-electron chi connectivity index (χ1n) is 6.26. The molecule has 2 rings (SSSR count). The third kappa shape index (κ3) is 3.22. The Morgan fingerprint density at radius 2 is 1.95 bits per heavy atom. The summed E-state index contributed by atoms with van der Waals surface area (Å²) in [5.74, 6) is -0.219. The Hall–Kier alpha value is -2.10. The van der Waals surface area contributed by atoms with Gasteiger partial charge in [0.2, 0.25) is 0 Å². The van der Waals surface area contributed by atoms with E-state index in [1.807, 2.05) is 51.2 Å². The van der Waals surface area contributed by atoms with E-state index < -0.39 is 0 Å². The summed E-state index contributed by atoms with van der Waals surface area (Å²) in [7, 11) is 1.88. The molecule has 0 N–H and O–H groups in total. The summed E-state index contributed by atoms with van der Waals surface area (Å²) < 4.78 is 7.06. The van der Waals surface area contributed by atoms with Crippen LogP contribution in [0.4, 0.5) is 0 Å². The van der Waals surface area contributed by atoms with Gasteiger partial charge in [-0.1, -0.05) is 30.3 Å². The fourth-order valence-corrected chi connectivity index (χ4v) is 2.01. The van der Waals surface area contributed by atoms with Crippen molar-refractivity contribution >= 4 is 5.97 Å². The second-order valence-electron chi connectivity index (χ2n) is 4.60. The number of aryl methyl sites for hydroxylation is 2. The first-order valence-corrected chi connectivity index (χ1v) is 6.26. The molecule has 0 aliphatic carbocycles. The van der Waals surface area contributed by atoms with Crippen molar-refractivity contribution in [2.75, 3.05) is 0 Å². The second-order valence-corrected chi connectivity index (χ2v) is 4.60.